The second kappa shape index (κ2) is 8.20. The number of amides is 1. The van der Waals surface area contributed by atoms with Gasteiger partial charge in [-0.15, -0.1) is 11.3 Å². The molecule has 0 saturated heterocycles. The fraction of sp³-hybridized carbons (Fsp3) is 0.250. The van der Waals surface area contributed by atoms with Crippen LogP contribution in [0.5, 0.6) is 0 Å². The average molecular weight is 447 g/mol. The van der Waals surface area contributed by atoms with Crippen LogP contribution in [-0.4, -0.2) is 40.3 Å². The lowest BCUT2D eigenvalue weighted by atomic mass is 9.95. The molecule has 0 fully saturated rings. The second-order valence-corrected chi connectivity index (χ2v) is 8.82. The molecule has 0 unspecified atom stereocenters. The number of hydrogen-bond acceptors (Lipinski definition) is 6. The number of nitrogens with zero attached hydrogens (tertiary/aromatic N) is 4. The zero-order valence-electron chi connectivity index (χ0n) is 17.9. The Hall–Kier alpha value is -3.52. The van der Waals surface area contributed by atoms with E-state index in [9.17, 15) is 9.59 Å². The Morgan fingerprint density at radius 2 is 2.06 bits per heavy atom. The van der Waals surface area contributed by atoms with Gasteiger partial charge in [-0.05, 0) is 55.0 Å². The highest BCUT2D eigenvalue weighted by atomic mass is 32.1. The number of aryl methyl sites for hydroxylation is 1. The number of carbonyl (C=O) groups is 2. The minimum Gasteiger partial charge on any atom is -0.465 e. The van der Waals surface area contributed by atoms with Gasteiger partial charge in [0.05, 0.1) is 36.4 Å². The van der Waals surface area contributed by atoms with Crippen LogP contribution in [0.15, 0.2) is 48.0 Å². The minimum atomic E-state index is -0.381. The number of esters is 1. The number of pyridine rings is 1. The second-order valence-electron chi connectivity index (χ2n) is 7.79. The number of thiophene rings is 1. The van der Waals surface area contributed by atoms with Gasteiger partial charge in [0, 0.05) is 22.8 Å². The number of ether oxygens (including phenoxy) is 1. The van der Waals surface area contributed by atoms with Crippen molar-refractivity contribution >= 4 is 39.9 Å². The summed E-state index contributed by atoms with van der Waals surface area (Å²) in [6, 6.07) is 11.3. The summed E-state index contributed by atoms with van der Waals surface area (Å²) in [5.41, 5.74) is 4.16. The van der Waals surface area contributed by atoms with Gasteiger partial charge >= 0.3 is 5.97 Å². The molecule has 1 aliphatic heterocycles. The lowest BCUT2D eigenvalue weighted by molar-refractivity contribution is 0.0599. The molecule has 3 aromatic heterocycles. The van der Waals surface area contributed by atoms with Crippen LogP contribution in [-0.2, 0) is 17.7 Å². The van der Waals surface area contributed by atoms with Crippen molar-refractivity contribution in [1.82, 2.24) is 14.8 Å². The first kappa shape index (κ1) is 20.4. The van der Waals surface area contributed by atoms with Crippen LogP contribution in [0.1, 0.15) is 43.3 Å². The van der Waals surface area contributed by atoms with Crippen LogP contribution in [0.3, 0.4) is 0 Å². The number of rotatable bonds is 4. The van der Waals surface area contributed by atoms with Crippen LogP contribution >= 0.6 is 11.3 Å². The zero-order valence-corrected chi connectivity index (χ0v) is 18.7. The highest BCUT2D eigenvalue weighted by Gasteiger charge is 2.29. The molecule has 4 heterocycles. The predicted octanol–water partition coefficient (Wildman–Crippen LogP) is 4.23. The highest BCUT2D eigenvalue weighted by Crippen LogP contribution is 2.32. The number of benzene rings is 1. The molecule has 162 valence electrons. The molecule has 5 rings (SSSR count). The summed E-state index contributed by atoms with van der Waals surface area (Å²) in [7, 11) is 1.37. The Labute approximate surface area is 189 Å². The molecule has 0 bridgehead atoms. The van der Waals surface area contributed by atoms with Crippen LogP contribution in [0, 0.1) is 6.92 Å². The normalized spacial score (nSPS) is 13.2. The van der Waals surface area contributed by atoms with E-state index in [0.717, 1.165) is 35.2 Å². The van der Waals surface area contributed by atoms with Crippen LogP contribution < -0.4 is 4.90 Å². The van der Waals surface area contributed by atoms with Gasteiger partial charge < -0.3 is 9.64 Å². The topological polar surface area (TPSA) is 77.3 Å². The SMILES string of the molecule is COC(=O)c1cccc2c1CCCN2C(=O)c1cc(C)nc2c1cnn2Cc1cccs1. The third kappa shape index (κ3) is 3.46. The Kier molecular flexibility index (Phi) is 5.22. The third-order valence-electron chi connectivity index (χ3n) is 5.75. The highest BCUT2D eigenvalue weighted by molar-refractivity contribution is 7.09. The van der Waals surface area contributed by atoms with E-state index in [2.05, 4.69) is 16.1 Å². The van der Waals surface area contributed by atoms with Gasteiger partial charge in [0.1, 0.15) is 0 Å². The van der Waals surface area contributed by atoms with E-state index in [1.54, 1.807) is 34.6 Å². The quantitative estimate of drug-likeness (QED) is 0.439. The van der Waals surface area contributed by atoms with Crippen LogP contribution in [0.25, 0.3) is 11.0 Å². The van der Waals surface area contributed by atoms with Gasteiger partial charge in [-0.25, -0.2) is 14.5 Å². The molecule has 0 radical (unpaired) electrons. The lowest BCUT2D eigenvalue weighted by Crippen LogP contribution is -2.36. The first-order valence-corrected chi connectivity index (χ1v) is 11.3. The smallest absolute Gasteiger partial charge is 0.338 e. The standard InChI is InChI=1S/C24H22N4O3S/c1-15-12-19(20-13-25-28(22(20)26-15)14-16-6-5-11-32-16)23(29)27-10-4-8-17-18(24(30)31-2)7-3-9-21(17)27/h3,5-7,9,11-13H,4,8,10,14H2,1-2H3. The Morgan fingerprint density at radius 1 is 1.19 bits per heavy atom. The number of aromatic nitrogens is 3. The van der Waals surface area contributed by atoms with Gasteiger partial charge in [0.15, 0.2) is 5.65 Å². The number of carbonyl (C=O) groups excluding carboxylic acids is 2. The Balaban J connectivity index is 1.57. The molecular formula is C24H22N4O3S. The van der Waals surface area contributed by atoms with Crippen molar-refractivity contribution in [3.05, 3.63) is 75.2 Å². The van der Waals surface area contributed by atoms with Crippen molar-refractivity contribution in [3.8, 4) is 0 Å². The van der Waals surface area contributed by atoms with Gasteiger partial charge in [0.25, 0.3) is 5.91 Å². The molecule has 8 heteroatoms. The summed E-state index contributed by atoms with van der Waals surface area (Å²) in [6.45, 7) is 3.08. The molecule has 4 aromatic rings. The minimum absolute atomic E-state index is 0.112. The molecule has 0 saturated carbocycles. The molecular weight excluding hydrogens is 424 g/mol. The third-order valence-corrected chi connectivity index (χ3v) is 6.62. The maximum Gasteiger partial charge on any atom is 0.338 e. The largest absolute Gasteiger partial charge is 0.465 e. The average Bonchev–Trinajstić information content (AvgIpc) is 3.47. The monoisotopic (exact) mass is 446 g/mol. The molecule has 1 aliphatic rings. The van der Waals surface area contributed by atoms with E-state index < -0.39 is 0 Å². The molecule has 7 nitrogen and oxygen atoms in total. The van der Waals surface area contributed by atoms with Crippen LogP contribution in [0.2, 0.25) is 0 Å². The Bertz CT molecular complexity index is 1330. The molecule has 0 aliphatic carbocycles. The van der Waals surface area contributed by atoms with E-state index in [1.807, 2.05) is 35.2 Å². The number of hydrogen-bond donors (Lipinski definition) is 0. The van der Waals surface area contributed by atoms with E-state index in [0.29, 0.717) is 29.9 Å². The van der Waals surface area contributed by atoms with E-state index >= 15 is 0 Å². The summed E-state index contributed by atoms with van der Waals surface area (Å²) >= 11 is 1.66. The fourth-order valence-corrected chi connectivity index (χ4v) is 4.98. The molecule has 1 amide bonds. The van der Waals surface area contributed by atoms with Gasteiger partial charge in [-0.1, -0.05) is 12.1 Å². The van der Waals surface area contributed by atoms with Gasteiger partial charge in [-0.3, -0.25) is 4.79 Å². The number of methoxy groups -OCH3 is 1. The molecule has 32 heavy (non-hydrogen) atoms. The number of anilines is 1. The molecule has 0 spiro atoms. The summed E-state index contributed by atoms with van der Waals surface area (Å²) in [4.78, 5) is 33.6. The maximum absolute atomic E-state index is 13.8. The van der Waals surface area contributed by atoms with Crippen LogP contribution in [0.4, 0.5) is 5.69 Å². The van der Waals surface area contributed by atoms with Crippen molar-refractivity contribution < 1.29 is 14.3 Å². The van der Waals surface area contributed by atoms with Crippen molar-refractivity contribution in [1.29, 1.82) is 0 Å². The summed E-state index contributed by atoms with van der Waals surface area (Å²) in [5.74, 6) is -0.493. The van der Waals surface area contributed by atoms with Crippen molar-refractivity contribution in [2.75, 3.05) is 18.6 Å². The predicted molar refractivity (Wildman–Crippen MR) is 123 cm³/mol. The molecule has 0 N–H and O–H groups in total. The maximum atomic E-state index is 13.8. The first-order chi connectivity index (χ1) is 15.6. The van der Waals surface area contributed by atoms with E-state index in [4.69, 9.17) is 4.74 Å². The first-order valence-electron chi connectivity index (χ1n) is 10.4. The van der Waals surface area contributed by atoms with Gasteiger partial charge in [-0.2, -0.15) is 5.10 Å². The van der Waals surface area contributed by atoms with E-state index in [-0.39, 0.29) is 11.9 Å². The molecule has 1 aromatic carbocycles. The fourth-order valence-electron chi connectivity index (χ4n) is 4.30. The summed E-state index contributed by atoms with van der Waals surface area (Å²) < 4.78 is 6.78. The summed E-state index contributed by atoms with van der Waals surface area (Å²) in [5, 5.41) is 7.28. The van der Waals surface area contributed by atoms with Gasteiger partial charge in [0.2, 0.25) is 0 Å². The van der Waals surface area contributed by atoms with Crippen molar-refractivity contribution in [2.45, 2.75) is 26.3 Å². The number of fused-ring (bicyclic) bond motifs is 2. The molecule has 0 atom stereocenters. The van der Waals surface area contributed by atoms with Crippen molar-refractivity contribution in [2.24, 2.45) is 0 Å². The van der Waals surface area contributed by atoms with E-state index in [1.165, 1.54) is 12.0 Å². The summed E-state index contributed by atoms with van der Waals surface area (Å²) in [6.07, 6.45) is 3.23. The van der Waals surface area contributed by atoms with Crippen molar-refractivity contribution in [3.63, 3.8) is 0 Å². The zero-order chi connectivity index (χ0) is 22.2. The lowest BCUT2D eigenvalue weighted by Gasteiger charge is -2.30. The Morgan fingerprint density at radius 3 is 2.84 bits per heavy atom.